The minimum absolute atomic E-state index is 0.606. The van der Waals surface area contributed by atoms with Crippen LogP contribution in [0.25, 0.3) is 10.3 Å². The van der Waals surface area contributed by atoms with Crippen molar-refractivity contribution in [3.05, 3.63) is 17.3 Å². The summed E-state index contributed by atoms with van der Waals surface area (Å²) in [6.45, 7) is 0.606. The van der Waals surface area contributed by atoms with Crippen molar-refractivity contribution in [2.24, 2.45) is 5.73 Å². The van der Waals surface area contributed by atoms with E-state index in [1.165, 1.54) is 4.88 Å². The van der Waals surface area contributed by atoms with Crippen LogP contribution >= 0.6 is 11.3 Å². The second kappa shape index (κ2) is 2.07. The van der Waals surface area contributed by atoms with Gasteiger partial charge in [0.25, 0.3) is 0 Å². The van der Waals surface area contributed by atoms with Crippen LogP contribution in [0.1, 0.15) is 4.88 Å². The van der Waals surface area contributed by atoms with Crippen molar-refractivity contribution >= 4 is 21.7 Å². The van der Waals surface area contributed by atoms with E-state index in [2.05, 4.69) is 9.97 Å². The predicted octanol–water partition coefficient (Wildman–Crippen LogP) is 1.08. The molecule has 0 spiro atoms. The summed E-state index contributed by atoms with van der Waals surface area (Å²) in [5.74, 6) is 0. The molecule has 0 fully saturated rings. The molecule has 0 aromatic carbocycles. The third-order valence-electron chi connectivity index (χ3n) is 1.37. The van der Waals surface area contributed by atoms with E-state index in [0.717, 1.165) is 10.3 Å². The van der Waals surface area contributed by atoms with Crippen LogP contribution in [-0.4, -0.2) is 9.97 Å². The normalized spacial score (nSPS) is 10.9. The Bertz CT molecular complexity index is 307. The first-order chi connectivity index (χ1) is 4.90. The van der Waals surface area contributed by atoms with Gasteiger partial charge in [-0.05, 0) is 6.07 Å². The van der Waals surface area contributed by atoms with E-state index in [9.17, 15) is 0 Å². The number of nitrogens with one attached hydrogen (secondary N) is 1. The monoisotopic (exact) mass is 153 g/mol. The van der Waals surface area contributed by atoms with Crippen LogP contribution in [0.4, 0.5) is 0 Å². The Hall–Kier alpha value is -0.870. The van der Waals surface area contributed by atoms with Crippen LogP contribution in [0.3, 0.4) is 0 Å². The van der Waals surface area contributed by atoms with E-state index in [0.29, 0.717) is 6.54 Å². The Morgan fingerprint density at radius 3 is 3.30 bits per heavy atom. The third kappa shape index (κ3) is 0.732. The Balaban J connectivity index is 2.67. The van der Waals surface area contributed by atoms with Gasteiger partial charge in [0.05, 0.1) is 11.8 Å². The molecule has 0 saturated carbocycles. The highest BCUT2D eigenvalue weighted by atomic mass is 32.1. The highest BCUT2D eigenvalue weighted by molar-refractivity contribution is 7.18. The van der Waals surface area contributed by atoms with Gasteiger partial charge in [0.1, 0.15) is 4.83 Å². The number of rotatable bonds is 1. The summed E-state index contributed by atoms with van der Waals surface area (Å²) < 4.78 is 0. The first kappa shape index (κ1) is 5.88. The summed E-state index contributed by atoms with van der Waals surface area (Å²) in [5.41, 5.74) is 6.53. The first-order valence-electron chi connectivity index (χ1n) is 3.02. The highest BCUT2D eigenvalue weighted by Crippen LogP contribution is 2.20. The van der Waals surface area contributed by atoms with Gasteiger partial charge in [0.15, 0.2) is 0 Å². The number of nitrogens with zero attached hydrogens (tertiary/aromatic N) is 1. The van der Waals surface area contributed by atoms with Crippen LogP contribution in [0.15, 0.2) is 12.4 Å². The van der Waals surface area contributed by atoms with Crippen molar-refractivity contribution in [1.29, 1.82) is 0 Å². The standard InChI is InChI=1S/C6H7N3S/c7-2-4-1-5-6(10-4)9-3-8-5/h1,3H,2,7H2,(H,8,9). The number of nitrogens with two attached hydrogens (primary N) is 1. The summed E-state index contributed by atoms with van der Waals surface area (Å²) in [6, 6.07) is 2.03. The van der Waals surface area contributed by atoms with Gasteiger partial charge in [0, 0.05) is 11.4 Å². The summed E-state index contributed by atoms with van der Waals surface area (Å²) in [6.07, 6.45) is 1.70. The van der Waals surface area contributed by atoms with Gasteiger partial charge in [-0.3, -0.25) is 0 Å². The number of aromatic nitrogens is 2. The van der Waals surface area contributed by atoms with Crippen LogP contribution in [0, 0.1) is 0 Å². The summed E-state index contributed by atoms with van der Waals surface area (Å²) in [4.78, 5) is 9.33. The molecule has 0 aliphatic carbocycles. The van der Waals surface area contributed by atoms with E-state index in [1.54, 1.807) is 17.7 Å². The van der Waals surface area contributed by atoms with Crippen molar-refractivity contribution in [3.8, 4) is 0 Å². The fourth-order valence-electron chi connectivity index (χ4n) is 0.892. The van der Waals surface area contributed by atoms with E-state index in [1.807, 2.05) is 6.07 Å². The molecule has 0 amide bonds. The van der Waals surface area contributed by atoms with Crippen molar-refractivity contribution in [2.45, 2.75) is 6.54 Å². The minimum atomic E-state index is 0.606. The molecule has 2 rings (SSSR count). The molecule has 2 aromatic heterocycles. The molecule has 0 aliphatic rings. The molecule has 4 heteroatoms. The minimum Gasteiger partial charge on any atom is -0.344 e. The third-order valence-corrected chi connectivity index (χ3v) is 2.43. The van der Waals surface area contributed by atoms with Crippen molar-refractivity contribution in [1.82, 2.24) is 9.97 Å². The zero-order chi connectivity index (χ0) is 6.97. The van der Waals surface area contributed by atoms with Crippen molar-refractivity contribution in [3.63, 3.8) is 0 Å². The zero-order valence-electron chi connectivity index (χ0n) is 5.29. The predicted molar refractivity (Wildman–Crippen MR) is 41.9 cm³/mol. The Morgan fingerprint density at radius 1 is 1.70 bits per heavy atom. The molecular weight excluding hydrogens is 146 g/mol. The maximum Gasteiger partial charge on any atom is 0.141 e. The average Bonchev–Trinajstić information content (AvgIpc) is 2.42. The average molecular weight is 153 g/mol. The van der Waals surface area contributed by atoms with E-state index >= 15 is 0 Å². The van der Waals surface area contributed by atoms with Gasteiger partial charge in [0.2, 0.25) is 0 Å². The number of thiophene rings is 1. The molecule has 0 unspecified atom stereocenters. The number of imidazole rings is 1. The van der Waals surface area contributed by atoms with Gasteiger partial charge in [-0.15, -0.1) is 11.3 Å². The second-order valence-corrected chi connectivity index (χ2v) is 3.15. The quantitative estimate of drug-likeness (QED) is 0.644. The summed E-state index contributed by atoms with van der Waals surface area (Å²) in [5, 5.41) is 0. The lowest BCUT2D eigenvalue weighted by atomic mass is 10.4. The van der Waals surface area contributed by atoms with Gasteiger partial charge in [-0.2, -0.15) is 0 Å². The number of hydrogen-bond acceptors (Lipinski definition) is 3. The van der Waals surface area contributed by atoms with E-state index in [-0.39, 0.29) is 0 Å². The molecule has 3 nitrogen and oxygen atoms in total. The van der Waals surface area contributed by atoms with Crippen LogP contribution in [0.2, 0.25) is 0 Å². The number of hydrogen-bond donors (Lipinski definition) is 2. The molecular formula is C6H7N3S. The first-order valence-corrected chi connectivity index (χ1v) is 3.83. The second-order valence-electron chi connectivity index (χ2n) is 2.04. The number of fused-ring (bicyclic) bond motifs is 1. The summed E-state index contributed by atoms with van der Waals surface area (Å²) >= 11 is 1.64. The van der Waals surface area contributed by atoms with Gasteiger partial charge >= 0.3 is 0 Å². The maximum absolute atomic E-state index is 5.44. The SMILES string of the molecule is NCc1cc2[nH]cnc2s1. The van der Waals surface area contributed by atoms with Crippen LogP contribution < -0.4 is 5.73 Å². The van der Waals surface area contributed by atoms with Crippen LogP contribution in [-0.2, 0) is 6.54 Å². The fraction of sp³-hybridized carbons (Fsp3) is 0.167. The molecule has 2 heterocycles. The van der Waals surface area contributed by atoms with Gasteiger partial charge in [-0.25, -0.2) is 4.98 Å². The Labute approximate surface area is 61.9 Å². The number of aromatic amines is 1. The molecule has 0 atom stereocenters. The van der Waals surface area contributed by atoms with Crippen LogP contribution in [0.5, 0.6) is 0 Å². The van der Waals surface area contributed by atoms with Gasteiger partial charge < -0.3 is 10.7 Å². The van der Waals surface area contributed by atoms with E-state index in [4.69, 9.17) is 5.73 Å². The molecule has 0 radical (unpaired) electrons. The molecule has 0 aliphatic heterocycles. The smallest absolute Gasteiger partial charge is 0.141 e. The van der Waals surface area contributed by atoms with Gasteiger partial charge in [-0.1, -0.05) is 0 Å². The van der Waals surface area contributed by atoms with Crippen molar-refractivity contribution in [2.75, 3.05) is 0 Å². The van der Waals surface area contributed by atoms with Crippen molar-refractivity contribution < 1.29 is 0 Å². The topological polar surface area (TPSA) is 54.7 Å². The molecule has 0 bridgehead atoms. The molecule has 2 aromatic rings. The maximum atomic E-state index is 5.44. The van der Waals surface area contributed by atoms with E-state index < -0.39 is 0 Å². The molecule has 0 saturated heterocycles. The molecule has 52 valence electrons. The fourth-order valence-corrected chi connectivity index (χ4v) is 1.73. The summed E-state index contributed by atoms with van der Waals surface area (Å²) in [7, 11) is 0. The zero-order valence-corrected chi connectivity index (χ0v) is 6.11. The largest absolute Gasteiger partial charge is 0.344 e. The lowest BCUT2D eigenvalue weighted by Gasteiger charge is -1.80. The molecule has 3 N–H and O–H groups in total. The Kier molecular flexibility index (Phi) is 1.22. The number of H-pyrrole nitrogens is 1. The lowest BCUT2D eigenvalue weighted by Crippen LogP contribution is -1.91. The highest BCUT2D eigenvalue weighted by Gasteiger charge is 2.00. The Morgan fingerprint density at radius 2 is 2.60 bits per heavy atom. The lowest BCUT2D eigenvalue weighted by molar-refractivity contribution is 1.11. The molecule has 10 heavy (non-hydrogen) atoms.